The summed E-state index contributed by atoms with van der Waals surface area (Å²) in [7, 11) is 1.84. The number of guanidine groups is 1. The van der Waals surface area contributed by atoms with Crippen LogP contribution in [-0.4, -0.2) is 26.1 Å². The number of nitrogens with zero attached hydrogens (tertiary/aromatic N) is 1. The van der Waals surface area contributed by atoms with Gasteiger partial charge in [0.05, 0.1) is 0 Å². The number of rotatable bonds is 6. The molecule has 1 fully saturated rings. The third kappa shape index (κ3) is 4.55. The van der Waals surface area contributed by atoms with Gasteiger partial charge in [-0.1, -0.05) is 44.2 Å². The fraction of sp³-hybridized carbons (Fsp3) is 0.588. The van der Waals surface area contributed by atoms with Crippen LogP contribution < -0.4 is 10.6 Å². The summed E-state index contributed by atoms with van der Waals surface area (Å²) in [5.41, 5.74) is 1.40. The molecular weight excluding hydrogens is 246 g/mol. The molecule has 0 aliphatic heterocycles. The van der Waals surface area contributed by atoms with E-state index in [4.69, 9.17) is 0 Å². The maximum Gasteiger partial charge on any atom is 0.191 e. The van der Waals surface area contributed by atoms with Crippen molar-refractivity contribution in [1.29, 1.82) is 0 Å². The summed E-state index contributed by atoms with van der Waals surface area (Å²) < 4.78 is 0. The first-order valence-electron chi connectivity index (χ1n) is 7.70. The molecule has 1 aliphatic carbocycles. The standard InChI is InChI=1S/C17H27N3/c1-13(2)16(15-7-5-4-6-8-15)12-20-17(18-3)19-11-14-9-10-14/h4-8,13-14,16H,9-12H2,1-3H3,(H2,18,19,20). The van der Waals surface area contributed by atoms with Gasteiger partial charge in [0.2, 0.25) is 0 Å². The van der Waals surface area contributed by atoms with Crippen molar-refractivity contribution in [3.05, 3.63) is 35.9 Å². The van der Waals surface area contributed by atoms with Gasteiger partial charge in [0, 0.05) is 26.1 Å². The Balaban J connectivity index is 1.87. The van der Waals surface area contributed by atoms with Crippen molar-refractivity contribution < 1.29 is 0 Å². The summed E-state index contributed by atoms with van der Waals surface area (Å²) in [6.07, 6.45) is 2.73. The van der Waals surface area contributed by atoms with Crippen LogP contribution in [0.5, 0.6) is 0 Å². The van der Waals surface area contributed by atoms with Crippen molar-refractivity contribution in [2.45, 2.75) is 32.6 Å². The molecule has 0 radical (unpaired) electrons. The molecule has 0 spiro atoms. The van der Waals surface area contributed by atoms with E-state index in [1.165, 1.54) is 18.4 Å². The zero-order valence-corrected chi connectivity index (χ0v) is 12.9. The van der Waals surface area contributed by atoms with Crippen molar-refractivity contribution in [3.8, 4) is 0 Å². The average molecular weight is 273 g/mol. The molecule has 2 N–H and O–H groups in total. The van der Waals surface area contributed by atoms with Crippen LogP contribution in [0.25, 0.3) is 0 Å². The lowest BCUT2D eigenvalue weighted by molar-refractivity contribution is 0.487. The van der Waals surface area contributed by atoms with Crippen molar-refractivity contribution in [2.75, 3.05) is 20.1 Å². The van der Waals surface area contributed by atoms with Crippen LogP contribution in [0.3, 0.4) is 0 Å². The SMILES string of the molecule is CN=C(NCC1CC1)NCC(c1ccccc1)C(C)C. The van der Waals surface area contributed by atoms with Crippen LogP contribution >= 0.6 is 0 Å². The summed E-state index contributed by atoms with van der Waals surface area (Å²) in [6.45, 7) is 6.53. The van der Waals surface area contributed by atoms with Crippen LogP contribution in [0.2, 0.25) is 0 Å². The van der Waals surface area contributed by atoms with Crippen LogP contribution in [0.1, 0.15) is 38.2 Å². The fourth-order valence-corrected chi connectivity index (χ4v) is 2.43. The molecule has 3 heteroatoms. The second-order valence-corrected chi connectivity index (χ2v) is 6.04. The molecule has 1 aromatic carbocycles. The van der Waals surface area contributed by atoms with Crippen molar-refractivity contribution in [1.82, 2.24) is 10.6 Å². The summed E-state index contributed by atoms with van der Waals surface area (Å²) in [4.78, 5) is 4.31. The normalized spacial score (nSPS) is 17.1. The Labute approximate surface area is 122 Å². The van der Waals surface area contributed by atoms with Gasteiger partial charge in [-0.3, -0.25) is 4.99 Å². The first kappa shape index (κ1) is 14.9. The van der Waals surface area contributed by atoms with Gasteiger partial charge >= 0.3 is 0 Å². The predicted octanol–water partition coefficient (Wildman–Crippen LogP) is 3.00. The highest BCUT2D eigenvalue weighted by Gasteiger charge is 2.21. The minimum Gasteiger partial charge on any atom is -0.356 e. The molecule has 0 aromatic heterocycles. The number of nitrogens with one attached hydrogen (secondary N) is 2. The Bertz CT molecular complexity index is 421. The molecule has 3 nitrogen and oxygen atoms in total. The minimum atomic E-state index is 0.510. The van der Waals surface area contributed by atoms with E-state index in [0.717, 1.165) is 25.0 Å². The van der Waals surface area contributed by atoms with E-state index in [0.29, 0.717) is 11.8 Å². The maximum atomic E-state index is 4.31. The highest BCUT2D eigenvalue weighted by atomic mass is 15.2. The Morgan fingerprint density at radius 3 is 2.45 bits per heavy atom. The van der Waals surface area contributed by atoms with Gasteiger partial charge in [0.25, 0.3) is 0 Å². The number of benzene rings is 1. The highest BCUT2D eigenvalue weighted by Crippen LogP contribution is 2.27. The van der Waals surface area contributed by atoms with Gasteiger partial charge < -0.3 is 10.6 Å². The zero-order chi connectivity index (χ0) is 14.4. The lowest BCUT2D eigenvalue weighted by atomic mass is 9.88. The van der Waals surface area contributed by atoms with Crippen molar-refractivity contribution in [3.63, 3.8) is 0 Å². The topological polar surface area (TPSA) is 36.4 Å². The number of aliphatic imine (C=N–C) groups is 1. The first-order valence-corrected chi connectivity index (χ1v) is 7.70. The quantitative estimate of drug-likeness (QED) is 0.617. The van der Waals surface area contributed by atoms with Gasteiger partial charge in [-0.2, -0.15) is 0 Å². The molecule has 1 aromatic rings. The predicted molar refractivity (Wildman–Crippen MR) is 86.1 cm³/mol. The van der Waals surface area contributed by atoms with Gasteiger partial charge in [-0.05, 0) is 30.2 Å². The Morgan fingerprint density at radius 1 is 1.20 bits per heavy atom. The summed E-state index contributed by atoms with van der Waals surface area (Å²) in [5.74, 6) is 2.91. The smallest absolute Gasteiger partial charge is 0.191 e. The van der Waals surface area contributed by atoms with Crippen LogP contribution in [-0.2, 0) is 0 Å². The fourth-order valence-electron chi connectivity index (χ4n) is 2.43. The third-order valence-corrected chi connectivity index (χ3v) is 4.00. The number of hydrogen-bond acceptors (Lipinski definition) is 1. The van der Waals surface area contributed by atoms with Gasteiger partial charge in [-0.25, -0.2) is 0 Å². The Kier molecular flexibility index (Phi) is 5.45. The molecule has 1 aliphatic rings. The van der Waals surface area contributed by atoms with Crippen LogP contribution in [0.4, 0.5) is 0 Å². The third-order valence-electron chi connectivity index (χ3n) is 4.00. The van der Waals surface area contributed by atoms with E-state index < -0.39 is 0 Å². The van der Waals surface area contributed by atoms with E-state index in [2.05, 4.69) is 59.8 Å². The monoisotopic (exact) mass is 273 g/mol. The molecule has 1 unspecified atom stereocenters. The summed E-state index contributed by atoms with van der Waals surface area (Å²) in [6, 6.07) is 10.7. The molecule has 0 bridgehead atoms. The average Bonchev–Trinajstić information content (AvgIpc) is 3.27. The lowest BCUT2D eigenvalue weighted by Gasteiger charge is -2.23. The van der Waals surface area contributed by atoms with E-state index in [9.17, 15) is 0 Å². The largest absolute Gasteiger partial charge is 0.356 e. The molecule has 20 heavy (non-hydrogen) atoms. The zero-order valence-electron chi connectivity index (χ0n) is 12.9. The summed E-state index contributed by atoms with van der Waals surface area (Å²) >= 11 is 0. The van der Waals surface area contributed by atoms with E-state index in [-0.39, 0.29) is 0 Å². The molecular formula is C17H27N3. The van der Waals surface area contributed by atoms with Gasteiger partial charge in [0.15, 0.2) is 5.96 Å². The second kappa shape index (κ2) is 7.32. The van der Waals surface area contributed by atoms with E-state index in [1.807, 2.05) is 7.05 Å². The molecule has 0 saturated heterocycles. The minimum absolute atomic E-state index is 0.510. The Hall–Kier alpha value is -1.51. The lowest BCUT2D eigenvalue weighted by Crippen LogP contribution is -2.40. The second-order valence-electron chi connectivity index (χ2n) is 6.04. The molecule has 1 saturated carbocycles. The van der Waals surface area contributed by atoms with Gasteiger partial charge in [-0.15, -0.1) is 0 Å². The molecule has 1 atom stereocenters. The van der Waals surface area contributed by atoms with Crippen molar-refractivity contribution in [2.24, 2.45) is 16.8 Å². The van der Waals surface area contributed by atoms with Gasteiger partial charge in [0.1, 0.15) is 0 Å². The number of hydrogen-bond donors (Lipinski definition) is 2. The van der Waals surface area contributed by atoms with Crippen LogP contribution in [0, 0.1) is 11.8 Å². The molecule has 110 valence electrons. The maximum absolute atomic E-state index is 4.31. The van der Waals surface area contributed by atoms with Crippen LogP contribution in [0.15, 0.2) is 35.3 Å². The summed E-state index contributed by atoms with van der Waals surface area (Å²) in [5, 5.41) is 6.89. The van der Waals surface area contributed by atoms with E-state index >= 15 is 0 Å². The highest BCUT2D eigenvalue weighted by molar-refractivity contribution is 5.79. The molecule has 0 heterocycles. The molecule has 2 rings (SSSR count). The van der Waals surface area contributed by atoms with Crippen molar-refractivity contribution >= 4 is 5.96 Å². The Morgan fingerprint density at radius 2 is 1.90 bits per heavy atom. The first-order chi connectivity index (χ1) is 9.70. The van der Waals surface area contributed by atoms with E-state index in [1.54, 1.807) is 0 Å². The molecule has 0 amide bonds.